The van der Waals surface area contributed by atoms with Crippen LogP contribution in [0.3, 0.4) is 0 Å². The number of ether oxygens (including phenoxy) is 3. The third-order valence-electron chi connectivity index (χ3n) is 5.29. The van der Waals surface area contributed by atoms with Crippen LogP contribution in [0.5, 0.6) is 5.75 Å². The number of nitrogens with zero attached hydrogens (tertiary/aromatic N) is 1. The fraction of sp³-hybridized carbons (Fsp3) is 0.684. The molecule has 1 aromatic carbocycles. The molecule has 0 atom stereocenters. The highest BCUT2D eigenvalue weighted by molar-refractivity contribution is 5.57. The fourth-order valence-corrected chi connectivity index (χ4v) is 3.76. The maximum atomic E-state index is 5.81. The summed E-state index contributed by atoms with van der Waals surface area (Å²) in [5, 5.41) is 3.31. The lowest BCUT2D eigenvalue weighted by atomic mass is 10.0. The zero-order valence-electron chi connectivity index (χ0n) is 15.2. The highest BCUT2D eigenvalue weighted by atomic mass is 16.7. The SMILES string of the molecule is CCc1cc(OC)c(CCN2CCC3(CC2)OCCO3)cc1NC. The molecule has 2 aliphatic heterocycles. The summed E-state index contributed by atoms with van der Waals surface area (Å²) in [5.41, 5.74) is 3.78. The molecule has 2 saturated heterocycles. The van der Waals surface area contributed by atoms with Crippen LogP contribution in [0.25, 0.3) is 0 Å². The third kappa shape index (κ3) is 3.68. The van der Waals surface area contributed by atoms with Gasteiger partial charge < -0.3 is 24.4 Å². The minimum Gasteiger partial charge on any atom is -0.496 e. The average Bonchev–Trinajstić information content (AvgIpc) is 3.08. The summed E-state index contributed by atoms with van der Waals surface area (Å²) in [6.45, 7) is 6.77. The number of rotatable bonds is 6. The summed E-state index contributed by atoms with van der Waals surface area (Å²) < 4.78 is 17.2. The normalized spacial score (nSPS) is 20.5. The highest BCUT2D eigenvalue weighted by Gasteiger charge is 2.39. The Labute approximate surface area is 145 Å². The Morgan fingerprint density at radius 2 is 1.88 bits per heavy atom. The molecular formula is C19H30N2O3. The summed E-state index contributed by atoms with van der Waals surface area (Å²) in [4.78, 5) is 2.50. The minimum atomic E-state index is -0.281. The van der Waals surface area contributed by atoms with Crippen molar-refractivity contribution in [1.82, 2.24) is 4.90 Å². The van der Waals surface area contributed by atoms with Crippen LogP contribution in [-0.2, 0) is 22.3 Å². The molecule has 0 aliphatic carbocycles. The van der Waals surface area contributed by atoms with Crippen LogP contribution in [0.4, 0.5) is 5.69 Å². The first kappa shape index (κ1) is 17.5. The summed E-state index contributed by atoms with van der Waals surface area (Å²) in [7, 11) is 3.74. The average molecular weight is 334 g/mol. The Morgan fingerprint density at radius 3 is 2.46 bits per heavy atom. The van der Waals surface area contributed by atoms with Crippen LogP contribution in [0.1, 0.15) is 30.9 Å². The van der Waals surface area contributed by atoms with Crippen molar-refractivity contribution in [2.24, 2.45) is 0 Å². The number of benzene rings is 1. The van der Waals surface area contributed by atoms with Gasteiger partial charge in [-0.2, -0.15) is 0 Å². The predicted molar refractivity (Wildman–Crippen MR) is 95.9 cm³/mol. The van der Waals surface area contributed by atoms with Crippen molar-refractivity contribution in [2.45, 2.75) is 38.4 Å². The molecule has 0 bridgehead atoms. The fourth-order valence-electron chi connectivity index (χ4n) is 3.76. The Kier molecular flexibility index (Phi) is 5.64. The molecule has 0 amide bonds. The van der Waals surface area contributed by atoms with Gasteiger partial charge in [0.25, 0.3) is 0 Å². The smallest absolute Gasteiger partial charge is 0.170 e. The van der Waals surface area contributed by atoms with Gasteiger partial charge in [-0.1, -0.05) is 6.92 Å². The van der Waals surface area contributed by atoms with Crippen molar-refractivity contribution in [1.29, 1.82) is 0 Å². The van der Waals surface area contributed by atoms with Gasteiger partial charge in [0.15, 0.2) is 5.79 Å². The monoisotopic (exact) mass is 334 g/mol. The van der Waals surface area contributed by atoms with Crippen molar-refractivity contribution in [3.05, 3.63) is 23.3 Å². The van der Waals surface area contributed by atoms with Gasteiger partial charge >= 0.3 is 0 Å². The van der Waals surface area contributed by atoms with Crippen molar-refractivity contribution < 1.29 is 14.2 Å². The highest BCUT2D eigenvalue weighted by Crippen LogP contribution is 2.32. The van der Waals surface area contributed by atoms with E-state index in [1.165, 1.54) is 16.8 Å². The molecule has 1 spiro atoms. The van der Waals surface area contributed by atoms with Crippen LogP contribution in [0.15, 0.2) is 12.1 Å². The second-order valence-corrected chi connectivity index (χ2v) is 6.62. The van der Waals surface area contributed by atoms with E-state index < -0.39 is 0 Å². The first-order valence-electron chi connectivity index (χ1n) is 9.07. The molecule has 2 aliphatic rings. The topological polar surface area (TPSA) is 43.0 Å². The van der Waals surface area contributed by atoms with Crippen LogP contribution >= 0.6 is 0 Å². The van der Waals surface area contributed by atoms with Crippen LogP contribution in [0, 0.1) is 0 Å². The van der Waals surface area contributed by atoms with E-state index >= 15 is 0 Å². The van der Waals surface area contributed by atoms with Gasteiger partial charge in [-0.15, -0.1) is 0 Å². The van der Waals surface area contributed by atoms with E-state index in [0.717, 1.165) is 64.3 Å². The Balaban J connectivity index is 1.60. The molecule has 1 N–H and O–H groups in total. The van der Waals surface area contributed by atoms with Crippen LogP contribution < -0.4 is 10.1 Å². The molecule has 2 heterocycles. The lowest BCUT2D eigenvalue weighted by Crippen LogP contribution is -2.45. The second kappa shape index (κ2) is 7.72. The molecule has 0 aromatic heterocycles. The van der Waals surface area contributed by atoms with E-state index in [-0.39, 0.29) is 5.79 Å². The first-order valence-corrected chi connectivity index (χ1v) is 9.07. The van der Waals surface area contributed by atoms with E-state index in [0.29, 0.717) is 0 Å². The molecule has 134 valence electrons. The molecule has 1 aromatic rings. The molecular weight excluding hydrogens is 304 g/mol. The Hall–Kier alpha value is -1.30. The van der Waals surface area contributed by atoms with Gasteiger partial charge in [0.1, 0.15) is 5.75 Å². The lowest BCUT2D eigenvalue weighted by molar-refractivity contribution is -0.185. The number of hydrogen-bond donors (Lipinski definition) is 1. The van der Waals surface area contributed by atoms with Gasteiger partial charge in [-0.25, -0.2) is 0 Å². The molecule has 24 heavy (non-hydrogen) atoms. The quantitative estimate of drug-likeness (QED) is 0.866. The van der Waals surface area contributed by atoms with E-state index in [1.54, 1.807) is 7.11 Å². The maximum Gasteiger partial charge on any atom is 0.170 e. The molecule has 5 nitrogen and oxygen atoms in total. The van der Waals surface area contributed by atoms with Crippen molar-refractivity contribution in [3.8, 4) is 5.75 Å². The number of piperidine rings is 1. The lowest BCUT2D eigenvalue weighted by Gasteiger charge is -2.37. The van der Waals surface area contributed by atoms with Crippen molar-refractivity contribution in [3.63, 3.8) is 0 Å². The van der Waals surface area contributed by atoms with Gasteiger partial charge in [0.05, 0.1) is 20.3 Å². The van der Waals surface area contributed by atoms with E-state index in [2.05, 4.69) is 29.3 Å². The minimum absolute atomic E-state index is 0.281. The number of nitrogens with one attached hydrogen (secondary N) is 1. The number of anilines is 1. The third-order valence-corrected chi connectivity index (χ3v) is 5.29. The summed E-state index contributed by atoms with van der Waals surface area (Å²) in [5.74, 6) is 0.720. The number of likely N-dealkylation sites (tertiary alicyclic amines) is 1. The molecule has 5 heteroatoms. The zero-order valence-corrected chi connectivity index (χ0v) is 15.2. The molecule has 0 saturated carbocycles. The van der Waals surface area contributed by atoms with E-state index in [1.807, 2.05) is 7.05 Å². The second-order valence-electron chi connectivity index (χ2n) is 6.62. The summed E-state index contributed by atoms with van der Waals surface area (Å²) >= 11 is 0. The molecule has 3 rings (SSSR count). The number of methoxy groups -OCH3 is 1. The Bertz CT molecular complexity index is 546. The van der Waals surface area contributed by atoms with E-state index in [4.69, 9.17) is 14.2 Å². The molecule has 0 radical (unpaired) electrons. The Morgan fingerprint density at radius 1 is 1.17 bits per heavy atom. The summed E-state index contributed by atoms with van der Waals surface area (Å²) in [6, 6.07) is 4.42. The number of hydrogen-bond acceptors (Lipinski definition) is 5. The van der Waals surface area contributed by atoms with Crippen molar-refractivity contribution >= 4 is 5.69 Å². The standard InChI is InChI=1S/C19H30N2O3/c1-4-15-14-18(22-3)16(13-17(15)20-2)5-8-21-9-6-19(7-10-21)23-11-12-24-19/h13-14,20H,4-12H2,1-3H3. The molecule has 0 unspecified atom stereocenters. The van der Waals surface area contributed by atoms with Gasteiger partial charge in [0.2, 0.25) is 0 Å². The van der Waals surface area contributed by atoms with E-state index in [9.17, 15) is 0 Å². The van der Waals surface area contributed by atoms with Crippen LogP contribution in [0.2, 0.25) is 0 Å². The first-order chi connectivity index (χ1) is 11.7. The van der Waals surface area contributed by atoms with Crippen LogP contribution in [-0.4, -0.2) is 57.7 Å². The number of aryl methyl sites for hydroxylation is 1. The predicted octanol–water partition coefficient (Wildman–Crippen LogP) is 2.68. The largest absolute Gasteiger partial charge is 0.496 e. The zero-order chi connectivity index (χ0) is 17.0. The van der Waals surface area contributed by atoms with Crippen molar-refractivity contribution in [2.75, 3.05) is 52.3 Å². The molecule has 2 fully saturated rings. The van der Waals surface area contributed by atoms with Gasteiger partial charge in [0, 0.05) is 45.2 Å². The maximum absolute atomic E-state index is 5.81. The van der Waals surface area contributed by atoms with Gasteiger partial charge in [-0.05, 0) is 36.1 Å². The van der Waals surface area contributed by atoms with Gasteiger partial charge in [-0.3, -0.25) is 0 Å². The summed E-state index contributed by atoms with van der Waals surface area (Å²) in [6.07, 6.45) is 3.94.